The third kappa shape index (κ3) is 3.80. The number of carbonyl (C=O) groups is 2. The van der Waals surface area contributed by atoms with Gasteiger partial charge in [0.15, 0.2) is 18.2 Å². The summed E-state index contributed by atoms with van der Waals surface area (Å²) in [6.45, 7) is 1.18. The van der Waals surface area contributed by atoms with Crippen molar-refractivity contribution < 1.29 is 18.7 Å². The molecule has 2 aromatic rings. The maximum Gasteiger partial charge on any atom is 0.262 e. The van der Waals surface area contributed by atoms with E-state index in [-0.39, 0.29) is 12.4 Å². The van der Waals surface area contributed by atoms with Gasteiger partial charge < -0.3 is 20.7 Å². The lowest BCUT2D eigenvalue weighted by atomic mass is 10.0. The molecule has 0 bridgehead atoms. The average molecular weight is 363 g/mol. The monoisotopic (exact) mass is 363 g/mol. The van der Waals surface area contributed by atoms with Crippen molar-refractivity contribution in [3.05, 3.63) is 46.1 Å². The number of nitrogens with one attached hydrogen (secondary N) is 1. The number of hydrogen-bond donors (Lipinski definition) is 2. The van der Waals surface area contributed by atoms with Crippen molar-refractivity contribution >= 4 is 28.2 Å². The Labute approximate surface area is 148 Å². The molecule has 1 aromatic heterocycles. The second-order valence-corrected chi connectivity index (χ2v) is 6.93. The Balaban J connectivity index is 1.73. The lowest BCUT2D eigenvalue weighted by molar-refractivity contribution is -0.118. The van der Waals surface area contributed by atoms with E-state index in [0.717, 1.165) is 17.0 Å². The van der Waals surface area contributed by atoms with Crippen molar-refractivity contribution in [2.45, 2.75) is 13.0 Å². The molecule has 0 aliphatic carbocycles. The molecule has 3 rings (SSSR count). The Morgan fingerprint density at radius 1 is 1.40 bits per heavy atom. The van der Waals surface area contributed by atoms with Crippen LogP contribution in [0.5, 0.6) is 5.75 Å². The fourth-order valence-electron chi connectivity index (χ4n) is 2.75. The lowest BCUT2D eigenvalue weighted by Gasteiger charge is -2.22. The topological polar surface area (TPSA) is 84.7 Å². The molecule has 0 fully saturated rings. The van der Waals surface area contributed by atoms with Gasteiger partial charge >= 0.3 is 0 Å². The third-order valence-corrected chi connectivity index (χ3v) is 5.07. The first-order chi connectivity index (χ1) is 12.0. The third-order valence-electron chi connectivity index (χ3n) is 3.94. The van der Waals surface area contributed by atoms with Gasteiger partial charge in [0.2, 0.25) is 0 Å². The van der Waals surface area contributed by atoms with Crippen molar-refractivity contribution in [3.63, 3.8) is 0 Å². The molecule has 6 nitrogen and oxygen atoms in total. The number of anilines is 1. The summed E-state index contributed by atoms with van der Waals surface area (Å²) in [5.41, 5.74) is 6.77. The Hall–Kier alpha value is -2.45. The first kappa shape index (κ1) is 17.4. The summed E-state index contributed by atoms with van der Waals surface area (Å²) in [6.07, 6.45) is 0.711. The summed E-state index contributed by atoms with van der Waals surface area (Å²) in [6, 6.07) is 5.85. The number of ether oxygens (including phenoxy) is 1. The summed E-state index contributed by atoms with van der Waals surface area (Å²) >= 11 is 1.34. The van der Waals surface area contributed by atoms with Crippen LogP contribution in [0.2, 0.25) is 0 Å². The highest BCUT2D eigenvalue weighted by Gasteiger charge is 2.26. The Kier molecular flexibility index (Phi) is 5.00. The zero-order chi connectivity index (χ0) is 18.0. The van der Waals surface area contributed by atoms with Crippen LogP contribution < -0.4 is 15.8 Å². The normalized spacial score (nSPS) is 14.0. The number of benzene rings is 1. The summed E-state index contributed by atoms with van der Waals surface area (Å²) in [4.78, 5) is 27.1. The molecule has 8 heteroatoms. The van der Waals surface area contributed by atoms with E-state index in [4.69, 9.17) is 10.5 Å². The highest BCUT2D eigenvalue weighted by Crippen LogP contribution is 2.36. The summed E-state index contributed by atoms with van der Waals surface area (Å²) in [7, 11) is 1.99. The van der Waals surface area contributed by atoms with Crippen LogP contribution in [-0.2, 0) is 17.8 Å². The van der Waals surface area contributed by atoms with Gasteiger partial charge in [0, 0.05) is 18.0 Å². The molecule has 0 unspecified atom stereocenters. The number of carbonyl (C=O) groups excluding carboxylic acids is 2. The predicted molar refractivity (Wildman–Crippen MR) is 93.4 cm³/mol. The van der Waals surface area contributed by atoms with Gasteiger partial charge in [-0.2, -0.15) is 0 Å². The molecule has 132 valence electrons. The van der Waals surface area contributed by atoms with E-state index in [0.29, 0.717) is 23.5 Å². The molecule has 25 heavy (non-hydrogen) atoms. The maximum absolute atomic E-state index is 13.5. The van der Waals surface area contributed by atoms with Crippen molar-refractivity contribution in [3.8, 4) is 5.75 Å². The second kappa shape index (κ2) is 7.20. The molecule has 0 spiro atoms. The molecule has 1 aliphatic rings. The van der Waals surface area contributed by atoms with Crippen LogP contribution in [-0.4, -0.2) is 36.9 Å². The fourth-order valence-corrected chi connectivity index (χ4v) is 4.10. The smallest absolute Gasteiger partial charge is 0.262 e. The maximum atomic E-state index is 13.5. The number of fused-ring (bicyclic) bond motifs is 1. The van der Waals surface area contributed by atoms with Gasteiger partial charge in [-0.05, 0) is 31.2 Å². The fraction of sp³-hybridized carbons (Fsp3) is 0.294. The second-order valence-electron chi connectivity index (χ2n) is 5.83. The number of nitrogens with two attached hydrogens (primary N) is 1. The predicted octanol–water partition coefficient (Wildman–Crippen LogP) is 1.99. The number of hydrogen-bond acceptors (Lipinski definition) is 5. The van der Waals surface area contributed by atoms with E-state index in [1.165, 1.54) is 29.5 Å². The van der Waals surface area contributed by atoms with Gasteiger partial charge in [-0.1, -0.05) is 12.1 Å². The van der Waals surface area contributed by atoms with Crippen molar-refractivity contribution in [1.82, 2.24) is 4.90 Å². The van der Waals surface area contributed by atoms with Gasteiger partial charge in [0.1, 0.15) is 5.00 Å². The SMILES string of the molecule is CN1CCc2c(sc(NC(=O)COc3ccccc3F)c2C(N)=O)C1. The first-order valence-electron chi connectivity index (χ1n) is 7.75. The number of rotatable bonds is 5. The van der Waals surface area contributed by atoms with E-state index in [2.05, 4.69) is 10.2 Å². The van der Waals surface area contributed by atoms with Gasteiger partial charge in [0.25, 0.3) is 11.8 Å². The van der Waals surface area contributed by atoms with E-state index in [9.17, 15) is 14.0 Å². The largest absolute Gasteiger partial charge is 0.481 e. The Morgan fingerprint density at radius 2 is 2.16 bits per heavy atom. The summed E-state index contributed by atoms with van der Waals surface area (Å²) in [5.74, 6) is -1.58. The Bertz CT molecular complexity index is 821. The highest BCUT2D eigenvalue weighted by atomic mass is 32.1. The molecule has 0 radical (unpaired) electrons. The van der Waals surface area contributed by atoms with Crippen LogP contribution in [0.4, 0.5) is 9.39 Å². The van der Waals surface area contributed by atoms with Gasteiger partial charge in [-0.25, -0.2) is 4.39 Å². The van der Waals surface area contributed by atoms with Gasteiger partial charge in [-0.3, -0.25) is 9.59 Å². The highest BCUT2D eigenvalue weighted by molar-refractivity contribution is 7.17. The van der Waals surface area contributed by atoms with Crippen molar-refractivity contribution in [1.29, 1.82) is 0 Å². The number of primary amides is 1. The number of likely N-dealkylation sites (N-methyl/N-ethyl adjacent to an activating group) is 1. The molecule has 0 atom stereocenters. The minimum Gasteiger partial charge on any atom is -0.481 e. The van der Waals surface area contributed by atoms with Gasteiger partial charge in [0.05, 0.1) is 5.56 Å². The summed E-state index contributed by atoms with van der Waals surface area (Å²) in [5, 5.41) is 3.09. The molecule has 1 aromatic carbocycles. The minimum atomic E-state index is -0.563. The Morgan fingerprint density at radius 3 is 2.88 bits per heavy atom. The lowest BCUT2D eigenvalue weighted by Crippen LogP contribution is -2.27. The van der Waals surface area contributed by atoms with Crippen LogP contribution in [0, 0.1) is 5.82 Å². The van der Waals surface area contributed by atoms with Gasteiger partial charge in [-0.15, -0.1) is 11.3 Å². The number of para-hydroxylation sites is 1. The molecule has 1 aliphatic heterocycles. The van der Waals surface area contributed by atoms with E-state index in [1.54, 1.807) is 6.07 Å². The zero-order valence-corrected chi connectivity index (χ0v) is 14.5. The molecular formula is C17H18FN3O3S. The quantitative estimate of drug-likeness (QED) is 0.851. The molecule has 2 heterocycles. The van der Waals surface area contributed by atoms with Crippen LogP contribution in [0.1, 0.15) is 20.8 Å². The van der Waals surface area contributed by atoms with Crippen molar-refractivity contribution in [2.75, 3.05) is 25.5 Å². The average Bonchev–Trinajstić information content (AvgIpc) is 2.91. The first-order valence-corrected chi connectivity index (χ1v) is 8.57. The van der Waals surface area contributed by atoms with Crippen molar-refractivity contribution in [2.24, 2.45) is 5.73 Å². The van der Waals surface area contributed by atoms with Crippen LogP contribution in [0.15, 0.2) is 24.3 Å². The van der Waals surface area contributed by atoms with Crippen LogP contribution in [0.3, 0.4) is 0 Å². The molecule has 3 N–H and O–H groups in total. The van der Waals surface area contributed by atoms with E-state index >= 15 is 0 Å². The molecule has 0 saturated carbocycles. The minimum absolute atomic E-state index is 0.000117. The number of halogens is 1. The standard InChI is InChI=1S/C17H18FN3O3S/c1-21-7-6-10-13(8-21)25-17(15(10)16(19)23)20-14(22)9-24-12-5-3-2-4-11(12)18/h2-5H,6-9H2,1H3,(H2,19,23)(H,20,22). The van der Waals surface area contributed by atoms with Crippen LogP contribution in [0.25, 0.3) is 0 Å². The number of amides is 2. The zero-order valence-electron chi connectivity index (χ0n) is 13.7. The van der Waals surface area contributed by atoms with Crippen LogP contribution >= 0.6 is 11.3 Å². The summed E-state index contributed by atoms with van der Waals surface area (Å²) < 4.78 is 18.7. The van der Waals surface area contributed by atoms with E-state index in [1.807, 2.05) is 7.05 Å². The molecule has 2 amide bonds. The molecular weight excluding hydrogens is 345 g/mol. The number of thiophene rings is 1. The van der Waals surface area contributed by atoms with E-state index < -0.39 is 17.6 Å². The molecule has 0 saturated heterocycles. The number of nitrogens with zero attached hydrogens (tertiary/aromatic N) is 1.